The van der Waals surface area contributed by atoms with Gasteiger partial charge < -0.3 is 0 Å². The van der Waals surface area contributed by atoms with E-state index in [1.807, 2.05) is 0 Å². The third kappa shape index (κ3) is 1.77. The Hall–Kier alpha value is -0.330. The van der Waals surface area contributed by atoms with Crippen LogP contribution in [0, 0.1) is 47.3 Å². The standard InChI is InChI=1S/C19H30O/c1-11-12(2)19-16(14-6-4-3-5-13(11)14)8-7-15-17(19)9-10-18(15)20/h11-17,19H,3-10H2,1-2H3. The topological polar surface area (TPSA) is 17.1 Å². The lowest BCUT2D eigenvalue weighted by Gasteiger charge is -2.57. The molecule has 0 saturated heterocycles. The Bertz CT molecular complexity index is 401. The zero-order valence-corrected chi connectivity index (χ0v) is 13.2. The van der Waals surface area contributed by atoms with Crippen LogP contribution in [0.25, 0.3) is 0 Å². The molecule has 1 heteroatoms. The van der Waals surface area contributed by atoms with Crippen LogP contribution in [0.3, 0.4) is 0 Å². The quantitative estimate of drug-likeness (QED) is 0.626. The lowest BCUT2D eigenvalue weighted by molar-refractivity contribution is -0.127. The van der Waals surface area contributed by atoms with Crippen LogP contribution in [0.4, 0.5) is 0 Å². The van der Waals surface area contributed by atoms with E-state index in [2.05, 4.69) is 13.8 Å². The van der Waals surface area contributed by atoms with Crippen LogP contribution >= 0.6 is 0 Å². The van der Waals surface area contributed by atoms with Crippen LogP contribution < -0.4 is 0 Å². The molecule has 0 aromatic heterocycles. The van der Waals surface area contributed by atoms with E-state index in [-0.39, 0.29) is 0 Å². The fourth-order valence-corrected chi connectivity index (χ4v) is 7.04. The Labute approximate surface area is 123 Å². The van der Waals surface area contributed by atoms with Gasteiger partial charge in [-0.05, 0) is 73.5 Å². The summed E-state index contributed by atoms with van der Waals surface area (Å²) in [6.07, 6.45) is 10.6. The Morgan fingerprint density at radius 3 is 2.30 bits per heavy atom. The molecule has 0 heterocycles. The highest BCUT2D eigenvalue weighted by atomic mass is 16.1. The molecule has 20 heavy (non-hydrogen) atoms. The van der Waals surface area contributed by atoms with Crippen molar-refractivity contribution < 1.29 is 4.79 Å². The molecule has 0 N–H and O–H groups in total. The van der Waals surface area contributed by atoms with Crippen molar-refractivity contribution in [3.8, 4) is 0 Å². The van der Waals surface area contributed by atoms with Gasteiger partial charge in [0.15, 0.2) is 0 Å². The second kappa shape index (κ2) is 4.85. The van der Waals surface area contributed by atoms with Gasteiger partial charge in [0.1, 0.15) is 5.78 Å². The van der Waals surface area contributed by atoms with Gasteiger partial charge in [-0.3, -0.25) is 4.79 Å². The van der Waals surface area contributed by atoms with E-state index in [0.29, 0.717) is 11.7 Å². The molecule has 4 aliphatic carbocycles. The highest BCUT2D eigenvalue weighted by molar-refractivity contribution is 5.83. The van der Waals surface area contributed by atoms with Gasteiger partial charge in [-0.15, -0.1) is 0 Å². The van der Waals surface area contributed by atoms with Crippen molar-refractivity contribution in [2.75, 3.05) is 0 Å². The molecule has 4 saturated carbocycles. The fraction of sp³-hybridized carbons (Fsp3) is 0.947. The first-order valence-electron chi connectivity index (χ1n) is 9.21. The van der Waals surface area contributed by atoms with E-state index < -0.39 is 0 Å². The smallest absolute Gasteiger partial charge is 0.136 e. The number of hydrogen-bond donors (Lipinski definition) is 0. The molecular formula is C19H30O. The Morgan fingerprint density at radius 2 is 1.50 bits per heavy atom. The number of hydrogen-bond acceptors (Lipinski definition) is 1. The van der Waals surface area contributed by atoms with Crippen LogP contribution in [0.2, 0.25) is 0 Å². The van der Waals surface area contributed by atoms with Crippen LogP contribution in [-0.4, -0.2) is 5.78 Å². The van der Waals surface area contributed by atoms with Crippen LogP contribution in [0.15, 0.2) is 0 Å². The monoisotopic (exact) mass is 274 g/mol. The van der Waals surface area contributed by atoms with Crippen molar-refractivity contribution in [3.05, 3.63) is 0 Å². The first-order valence-corrected chi connectivity index (χ1v) is 9.21. The maximum Gasteiger partial charge on any atom is 0.136 e. The van der Waals surface area contributed by atoms with E-state index in [0.717, 1.165) is 47.8 Å². The number of rotatable bonds is 0. The Balaban J connectivity index is 1.66. The summed E-state index contributed by atoms with van der Waals surface area (Å²) >= 11 is 0. The Kier molecular flexibility index (Phi) is 3.23. The average molecular weight is 274 g/mol. The summed E-state index contributed by atoms with van der Waals surface area (Å²) < 4.78 is 0. The minimum atomic E-state index is 0.464. The molecule has 0 amide bonds. The number of ketones is 1. The number of fused-ring (bicyclic) bond motifs is 5. The third-order valence-corrected chi connectivity index (χ3v) is 7.99. The van der Waals surface area contributed by atoms with Crippen molar-refractivity contribution in [1.82, 2.24) is 0 Å². The van der Waals surface area contributed by atoms with E-state index in [1.165, 1.54) is 44.9 Å². The SMILES string of the molecule is CC1C(C)C2C3CCC(=O)C3CCC2C2CCCCC12. The summed E-state index contributed by atoms with van der Waals surface area (Å²) in [5.41, 5.74) is 0. The van der Waals surface area contributed by atoms with Gasteiger partial charge in [0.25, 0.3) is 0 Å². The molecule has 0 aromatic carbocycles. The second-order valence-corrected chi connectivity index (χ2v) is 8.42. The van der Waals surface area contributed by atoms with Crippen molar-refractivity contribution >= 4 is 5.78 Å². The van der Waals surface area contributed by atoms with Crippen LogP contribution in [0.1, 0.15) is 65.2 Å². The molecule has 0 aliphatic heterocycles. The number of carbonyl (C=O) groups excluding carboxylic acids is 1. The molecule has 0 aromatic rings. The van der Waals surface area contributed by atoms with Gasteiger partial charge in [0.2, 0.25) is 0 Å². The molecule has 4 rings (SSSR count). The molecule has 112 valence electrons. The van der Waals surface area contributed by atoms with Gasteiger partial charge in [-0.1, -0.05) is 26.7 Å². The lowest BCUT2D eigenvalue weighted by Crippen LogP contribution is -2.51. The van der Waals surface area contributed by atoms with Crippen molar-refractivity contribution in [2.24, 2.45) is 47.3 Å². The van der Waals surface area contributed by atoms with Crippen LogP contribution in [-0.2, 0) is 4.79 Å². The molecule has 0 radical (unpaired) electrons. The van der Waals surface area contributed by atoms with E-state index in [9.17, 15) is 4.79 Å². The van der Waals surface area contributed by atoms with Crippen molar-refractivity contribution in [2.45, 2.75) is 65.2 Å². The lowest BCUT2D eigenvalue weighted by atomic mass is 9.48. The van der Waals surface area contributed by atoms with E-state index in [4.69, 9.17) is 0 Å². The predicted molar refractivity (Wildman–Crippen MR) is 81.2 cm³/mol. The predicted octanol–water partition coefficient (Wildman–Crippen LogP) is 4.70. The first-order chi connectivity index (χ1) is 9.68. The molecule has 1 nitrogen and oxygen atoms in total. The Morgan fingerprint density at radius 1 is 0.750 bits per heavy atom. The highest BCUT2D eigenvalue weighted by Gasteiger charge is 2.55. The zero-order chi connectivity index (χ0) is 13.9. The van der Waals surface area contributed by atoms with E-state index in [1.54, 1.807) is 0 Å². The summed E-state index contributed by atoms with van der Waals surface area (Å²) in [4.78, 5) is 12.2. The number of Topliss-reactive ketones (excluding diaryl/α,β-unsaturated/α-hetero) is 1. The normalized spacial score (nSPS) is 55.0. The highest BCUT2D eigenvalue weighted by Crippen LogP contribution is 2.60. The molecule has 4 aliphatic rings. The summed E-state index contributed by atoms with van der Waals surface area (Å²) in [7, 11) is 0. The number of carbonyl (C=O) groups is 1. The van der Waals surface area contributed by atoms with Gasteiger partial charge in [-0.25, -0.2) is 0 Å². The molecule has 4 fully saturated rings. The molecular weight excluding hydrogens is 244 g/mol. The minimum absolute atomic E-state index is 0.464. The van der Waals surface area contributed by atoms with Gasteiger partial charge >= 0.3 is 0 Å². The average Bonchev–Trinajstić information content (AvgIpc) is 2.86. The third-order valence-electron chi connectivity index (χ3n) is 7.99. The van der Waals surface area contributed by atoms with Gasteiger partial charge in [0.05, 0.1) is 0 Å². The molecule has 0 bridgehead atoms. The zero-order valence-electron chi connectivity index (χ0n) is 13.2. The fourth-order valence-electron chi connectivity index (χ4n) is 7.04. The summed E-state index contributed by atoms with van der Waals surface area (Å²) in [5, 5.41) is 0. The van der Waals surface area contributed by atoms with Crippen molar-refractivity contribution in [3.63, 3.8) is 0 Å². The minimum Gasteiger partial charge on any atom is -0.299 e. The summed E-state index contributed by atoms with van der Waals surface area (Å²) in [6, 6.07) is 0. The first kappa shape index (κ1) is 13.3. The molecule has 8 atom stereocenters. The molecule has 8 unspecified atom stereocenters. The van der Waals surface area contributed by atoms with Crippen LogP contribution in [0.5, 0.6) is 0 Å². The van der Waals surface area contributed by atoms with E-state index >= 15 is 0 Å². The summed E-state index contributed by atoms with van der Waals surface area (Å²) in [5.74, 6) is 7.47. The van der Waals surface area contributed by atoms with Gasteiger partial charge in [-0.2, -0.15) is 0 Å². The molecule has 0 spiro atoms. The maximum atomic E-state index is 12.2. The largest absolute Gasteiger partial charge is 0.299 e. The second-order valence-electron chi connectivity index (χ2n) is 8.42. The summed E-state index contributed by atoms with van der Waals surface area (Å²) in [6.45, 7) is 5.06. The van der Waals surface area contributed by atoms with Gasteiger partial charge in [0, 0.05) is 12.3 Å². The van der Waals surface area contributed by atoms with Crippen molar-refractivity contribution in [1.29, 1.82) is 0 Å². The maximum absolute atomic E-state index is 12.2.